The van der Waals surface area contributed by atoms with Crippen LogP contribution >= 0.6 is 0 Å². The Balaban J connectivity index is 2.59. The number of hydrogen-bond donors (Lipinski definition) is 3. The molecule has 0 spiro atoms. The second kappa shape index (κ2) is 6.23. The van der Waals surface area contributed by atoms with Crippen LogP contribution in [0.5, 0.6) is 0 Å². The van der Waals surface area contributed by atoms with Gasteiger partial charge in [0.1, 0.15) is 0 Å². The lowest BCUT2D eigenvalue weighted by Gasteiger charge is -2.24. The fourth-order valence-corrected chi connectivity index (χ4v) is 2.27. The standard InChI is InChI=1S/C13H21N3O3S/c1-13(2,10-4-6-11(14)7-5-10)12(17)16-8-3-9-20(15,18)19/h4-7H,3,8-9,14H2,1-2H3,(H,16,17)(H2,15,18,19). The zero-order valence-electron chi connectivity index (χ0n) is 11.7. The second-order valence-corrected chi connectivity index (χ2v) is 6.96. The van der Waals surface area contributed by atoms with Crippen molar-refractivity contribution < 1.29 is 13.2 Å². The number of nitrogen functional groups attached to an aromatic ring is 1. The van der Waals surface area contributed by atoms with Crippen molar-refractivity contribution in [2.24, 2.45) is 5.14 Å². The summed E-state index contributed by atoms with van der Waals surface area (Å²) < 4.78 is 21.6. The summed E-state index contributed by atoms with van der Waals surface area (Å²) in [5, 5.41) is 7.61. The molecule has 1 rings (SSSR count). The summed E-state index contributed by atoms with van der Waals surface area (Å²) >= 11 is 0. The molecule has 0 unspecified atom stereocenters. The van der Waals surface area contributed by atoms with Gasteiger partial charge in [0.05, 0.1) is 11.2 Å². The number of anilines is 1. The number of nitrogens with one attached hydrogen (secondary N) is 1. The van der Waals surface area contributed by atoms with E-state index in [1.54, 1.807) is 38.1 Å². The average molecular weight is 299 g/mol. The fraction of sp³-hybridized carbons (Fsp3) is 0.462. The van der Waals surface area contributed by atoms with Crippen LogP contribution in [0.25, 0.3) is 0 Å². The Morgan fingerprint density at radius 1 is 1.25 bits per heavy atom. The third-order valence-corrected chi connectivity index (χ3v) is 3.95. The Morgan fingerprint density at radius 3 is 2.30 bits per heavy atom. The van der Waals surface area contributed by atoms with Crippen LogP contribution in [0.4, 0.5) is 5.69 Å². The first-order valence-electron chi connectivity index (χ1n) is 6.28. The highest BCUT2D eigenvalue weighted by atomic mass is 32.2. The second-order valence-electron chi connectivity index (χ2n) is 5.22. The number of hydrogen-bond acceptors (Lipinski definition) is 4. The Bertz CT molecular complexity index is 565. The highest BCUT2D eigenvalue weighted by Crippen LogP contribution is 2.24. The maximum Gasteiger partial charge on any atom is 0.230 e. The first kappa shape index (κ1) is 16.5. The molecule has 1 amide bonds. The van der Waals surface area contributed by atoms with Crippen molar-refractivity contribution in [3.63, 3.8) is 0 Å². The molecule has 0 aliphatic rings. The van der Waals surface area contributed by atoms with Gasteiger partial charge in [0, 0.05) is 12.2 Å². The van der Waals surface area contributed by atoms with Crippen molar-refractivity contribution in [1.82, 2.24) is 5.32 Å². The van der Waals surface area contributed by atoms with E-state index < -0.39 is 15.4 Å². The van der Waals surface area contributed by atoms with Gasteiger partial charge in [-0.15, -0.1) is 0 Å². The highest BCUT2D eigenvalue weighted by Gasteiger charge is 2.29. The van der Waals surface area contributed by atoms with Crippen molar-refractivity contribution >= 4 is 21.6 Å². The molecule has 0 atom stereocenters. The molecule has 7 heteroatoms. The van der Waals surface area contributed by atoms with Crippen LogP contribution in [0, 0.1) is 0 Å². The molecule has 0 saturated heterocycles. The minimum atomic E-state index is -3.48. The van der Waals surface area contributed by atoms with Crippen LogP contribution in [-0.4, -0.2) is 26.6 Å². The van der Waals surface area contributed by atoms with Gasteiger partial charge in [-0.2, -0.15) is 0 Å². The highest BCUT2D eigenvalue weighted by molar-refractivity contribution is 7.89. The van der Waals surface area contributed by atoms with Gasteiger partial charge in [-0.3, -0.25) is 4.79 Å². The Kier molecular flexibility index (Phi) is 5.13. The third-order valence-electron chi connectivity index (χ3n) is 3.09. The smallest absolute Gasteiger partial charge is 0.230 e. The molecule has 112 valence electrons. The van der Waals surface area contributed by atoms with E-state index in [0.29, 0.717) is 12.1 Å². The van der Waals surface area contributed by atoms with Crippen LogP contribution in [0.15, 0.2) is 24.3 Å². The van der Waals surface area contributed by atoms with Gasteiger partial charge in [0.2, 0.25) is 15.9 Å². The maximum absolute atomic E-state index is 12.2. The molecular formula is C13H21N3O3S. The normalized spacial score (nSPS) is 12.2. The molecule has 0 fully saturated rings. The monoisotopic (exact) mass is 299 g/mol. The number of carbonyl (C=O) groups excluding carboxylic acids is 1. The predicted octanol–water partition coefficient (Wildman–Crippen LogP) is 0.341. The lowest BCUT2D eigenvalue weighted by molar-refractivity contribution is -0.125. The molecule has 0 heterocycles. The summed E-state index contributed by atoms with van der Waals surface area (Å²) in [5.74, 6) is -0.313. The SMILES string of the molecule is CC(C)(C(=O)NCCCS(N)(=O)=O)c1ccc(N)cc1. The molecule has 5 N–H and O–H groups in total. The molecular weight excluding hydrogens is 278 g/mol. The quantitative estimate of drug-likeness (QED) is 0.519. The largest absolute Gasteiger partial charge is 0.399 e. The zero-order chi connectivity index (χ0) is 15.4. The molecule has 0 saturated carbocycles. The number of amides is 1. The van der Waals surface area contributed by atoms with E-state index in [2.05, 4.69) is 5.32 Å². The van der Waals surface area contributed by atoms with Gasteiger partial charge in [0.25, 0.3) is 0 Å². The van der Waals surface area contributed by atoms with Crippen LogP contribution in [0.1, 0.15) is 25.8 Å². The molecule has 20 heavy (non-hydrogen) atoms. The summed E-state index contributed by atoms with van der Waals surface area (Å²) in [6.07, 6.45) is 0.294. The first-order valence-corrected chi connectivity index (χ1v) is 7.99. The topological polar surface area (TPSA) is 115 Å². The summed E-state index contributed by atoms with van der Waals surface area (Å²) in [6.45, 7) is 3.87. The van der Waals surface area contributed by atoms with Crippen LogP contribution in [-0.2, 0) is 20.2 Å². The van der Waals surface area contributed by atoms with Gasteiger partial charge < -0.3 is 11.1 Å². The fourth-order valence-electron chi connectivity index (χ4n) is 1.73. The van der Waals surface area contributed by atoms with Gasteiger partial charge in [-0.05, 0) is 38.0 Å². The van der Waals surface area contributed by atoms with Gasteiger partial charge in [-0.25, -0.2) is 13.6 Å². The molecule has 0 radical (unpaired) electrons. The Hall–Kier alpha value is -1.60. The minimum absolute atomic E-state index is 0.143. The van der Waals surface area contributed by atoms with Gasteiger partial charge >= 0.3 is 0 Å². The van der Waals surface area contributed by atoms with E-state index in [9.17, 15) is 13.2 Å². The summed E-state index contributed by atoms with van der Waals surface area (Å²) in [5.41, 5.74) is 6.38. The van der Waals surface area contributed by atoms with Gasteiger partial charge in [-0.1, -0.05) is 12.1 Å². The summed E-state index contributed by atoms with van der Waals surface area (Å²) in [7, 11) is -3.48. The van der Waals surface area contributed by atoms with Crippen LogP contribution < -0.4 is 16.2 Å². The summed E-state index contributed by atoms with van der Waals surface area (Å²) in [6, 6.07) is 7.09. The van der Waals surface area contributed by atoms with Crippen molar-refractivity contribution in [2.45, 2.75) is 25.7 Å². The predicted molar refractivity (Wildman–Crippen MR) is 79.5 cm³/mol. The Morgan fingerprint density at radius 2 is 1.80 bits per heavy atom. The van der Waals surface area contributed by atoms with Crippen molar-refractivity contribution in [3.05, 3.63) is 29.8 Å². The molecule has 0 aliphatic heterocycles. The van der Waals surface area contributed by atoms with E-state index in [-0.39, 0.29) is 18.2 Å². The zero-order valence-corrected chi connectivity index (χ0v) is 12.5. The maximum atomic E-state index is 12.2. The van der Waals surface area contributed by atoms with Gasteiger partial charge in [0.15, 0.2) is 0 Å². The lowest BCUT2D eigenvalue weighted by Crippen LogP contribution is -2.40. The molecule has 1 aromatic carbocycles. The number of primary sulfonamides is 1. The lowest BCUT2D eigenvalue weighted by atomic mass is 9.83. The molecule has 1 aromatic rings. The number of rotatable bonds is 6. The number of sulfonamides is 1. The van der Waals surface area contributed by atoms with E-state index in [1.165, 1.54) is 0 Å². The Labute approximate surface area is 119 Å². The molecule has 0 aromatic heterocycles. The van der Waals surface area contributed by atoms with E-state index in [1.807, 2.05) is 0 Å². The third kappa shape index (κ3) is 4.82. The summed E-state index contributed by atoms with van der Waals surface area (Å²) in [4.78, 5) is 12.2. The molecule has 0 aliphatic carbocycles. The number of benzene rings is 1. The van der Waals surface area contributed by atoms with E-state index in [4.69, 9.17) is 10.9 Å². The van der Waals surface area contributed by atoms with Crippen molar-refractivity contribution in [3.8, 4) is 0 Å². The van der Waals surface area contributed by atoms with E-state index >= 15 is 0 Å². The van der Waals surface area contributed by atoms with Crippen LogP contribution in [0.2, 0.25) is 0 Å². The van der Waals surface area contributed by atoms with Crippen LogP contribution in [0.3, 0.4) is 0 Å². The average Bonchev–Trinajstić information content (AvgIpc) is 2.33. The van der Waals surface area contributed by atoms with E-state index in [0.717, 1.165) is 5.56 Å². The molecule has 0 bridgehead atoms. The van der Waals surface area contributed by atoms with Crippen molar-refractivity contribution in [1.29, 1.82) is 0 Å². The van der Waals surface area contributed by atoms with Crippen molar-refractivity contribution in [2.75, 3.05) is 18.0 Å². The minimum Gasteiger partial charge on any atom is -0.399 e. The number of carbonyl (C=O) groups is 1. The number of nitrogens with two attached hydrogens (primary N) is 2. The first-order chi connectivity index (χ1) is 9.13. The molecule has 6 nitrogen and oxygen atoms in total.